The summed E-state index contributed by atoms with van der Waals surface area (Å²) in [6.45, 7) is 2.41. The number of rotatable bonds is 5. The molecule has 1 rings (SSSR count). The summed E-state index contributed by atoms with van der Waals surface area (Å²) in [4.78, 5) is 10.9. The van der Waals surface area contributed by atoms with Gasteiger partial charge in [0.25, 0.3) is 0 Å². The molecule has 4 nitrogen and oxygen atoms in total. The number of anilines is 1. The number of nitrogens with one attached hydrogen (secondary N) is 1. The number of hydrogen-bond donors (Lipinski definition) is 2. The van der Waals surface area contributed by atoms with E-state index in [0.29, 0.717) is 16.7 Å². The van der Waals surface area contributed by atoms with Crippen LogP contribution in [-0.4, -0.2) is 33.3 Å². The van der Waals surface area contributed by atoms with E-state index in [1.54, 1.807) is 18.4 Å². The first kappa shape index (κ1) is 14.2. The average Bonchev–Trinajstić information content (AvgIpc) is 2.24. The molecule has 2 N–H and O–H groups in total. The number of carbonyl (C=O) groups is 1. The Balaban J connectivity index is 2.78. The van der Waals surface area contributed by atoms with E-state index < -0.39 is 16.8 Å². The third-order valence-electron chi connectivity index (χ3n) is 2.31. The highest BCUT2D eigenvalue weighted by molar-refractivity contribution is 9.10. The summed E-state index contributed by atoms with van der Waals surface area (Å²) in [6, 6.07) is 4.88. The van der Waals surface area contributed by atoms with E-state index in [2.05, 4.69) is 21.2 Å². The number of carboxylic acid groups (broad SMARTS) is 1. The fourth-order valence-electron chi connectivity index (χ4n) is 1.19. The van der Waals surface area contributed by atoms with Crippen LogP contribution in [0.1, 0.15) is 17.3 Å². The van der Waals surface area contributed by atoms with E-state index in [1.807, 2.05) is 6.92 Å². The Labute approximate surface area is 111 Å². The molecule has 2 atom stereocenters. The van der Waals surface area contributed by atoms with Gasteiger partial charge in [-0.05, 0) is 25.1 Å². The summed E-state index contributed by atoms with van der Waals surface area (Å²) in [7, 11) is -0.894. The standard InChI is InChI=1S/C11H14BrNO3S/c1-7(17(2)16)6-13-10-4-8(11(14)15)3-9(12)5-10/h3-5,7,13H,6H2,1-2H3,(H,14,15). The van der Waals surface area contributed by atoms with Crippen molar-refractivity contribution in [2.75, 3.05) is 18.1 Å². The zero-order valence-electron chi connectivity index (χ0n) is 9.57. The van der Waals surface area contributed by atoms with Crippen molar-refractivity contribution in [3.8, 4) is 0 Å². The van der Waals surface area contributed by atoms with E-state index in [9.17, 15) is 9.00 Å². The van der Waals surface area contributed by atoms with Crippen molar-refractivity contribution in [1.29, 1.82) is 0 Å². The molecule has 0 fully saturated rings. The first-order chi connectivity index (χ1) is 7.90. The molecule has 0 bridgehead atoms. The molecule has 0 radical (unpaired) electrons. The van der Waals surface area contributed by atoms with Crippen LogP contribution in [0.5, 0.6) is 0 Å². The number of aromatic carboxylic acids is 1. The van der Waals surface area contributed by atoms with Crippen LogP contribution in [-0.2, 0) is 10.8 Å². The maximum Gasteiger partial charge on any atom is 0.335 e. The lowest BCUT2D eigenvalue weighted by Gasteiger charge is -2.12. The quantitative estimate of drug-likeness (QED) is 0.874. The van der Waals surface area contributed by atoms with Crippen LogP contribution in [0.2, 0.25) is 0 Å². The van der Waals surface area contributed by atoms with Crippen molar-refractivity contribution < 1.29 is 14.1 Å². The minimum absolute atomic E-state index is 0.0160. The van der Waals surface area contributed by atoms with Crippen molar-refractivity contribution in [2.24, 2.45) is 0 Å². The summed E-state index contributed by atoms with van der Waals surface area (Å²) >= 11 is 3.25. The van der Waals surface area contributed by atoms with Gasteiger partial charge < -0.3 is 10.4 Å². The molecule has 17 heavy (non-hydrogen) atoms. The zero-order chi connectivity index (χ0) is 13.0. The van der Waals surface area contributed by atoms with E-state index in [4.69, 9.17) is 5.11 Å². The second-order valence-corrected chi connectivity index (χ2v) is 6.44. The minimum atomic E-state index is -0.971. The van der Waals surface area contributed by atoms with Crippen LogP contribution in [0.25, 0.3) is 0 Å². The van der Waals surface area contributed by atoms with E-state index in [1.165, 1.54) is 6.07 Å². The molecular weight excluding hydrogens is 306 g/mol. The molecule has 0 saturated heterocycles. The SMILES string of the molecule is CC(CNc1cc(Br)cc(C(=O)O)c1)S(C)=O. The molecule has 6 heteroatoms. The summed E-state index contributed by atoms with van der Waals surface area (Å²) in [5.74, 6) is -0.971. The summed E-state index contributed by atoms with van der Waals surface area (Å²) in [6.07, 6.45) is 1.65. The van der Waals surface area contributed by atoms with Crippen molar-refractivity contribution in [1.82, 2.24) is 0 Å². The normalized spacial score (nSPS) is 14.1. The van der Waals surface area contributed by atoms with Gasteiger partial charge in [0.15, 0.2) is 0 Å². The third-order valence-corrected chi connectivity index (χ3v) is 4.06. The first-order valence-electron chi connectivity index (χ1n) is 5.00. The lowest BCUT2D eigenvalue weighted by molar-refractivity contribution is 0.0697. The highest BCUT2D eigenvalue weighted by Crippen LogP contribution is 2.19. The fraction of sp³-hybridized carbons (Fsp3) is 0.364. The van der Waals surface area contributed by atoms with Gasteiger partial charge >= 0.3 is 5.97 Å². The van der Waals surface area contributed by atoms with Crippen molar-refractivity contribution in [3.63, 3.8) is 0 Å². The monoisotopic (exact) mass is 319 g/mol. The van der Waals surface area contributed by atoms with Gasteiger partial charge in [0.05, 0.1) is 5.56 Å². The molecule has 0 aromatic heterocycles. The molecular formula is C11H14BrNO3S. The van der Waals surface area contributed by atoms with Gasteiger partial charge in [-0.1, -0.05) is 15.9 Å². The maximum atomic E-state index is 11.2. The number of benzene rings is 1. The van der Waals surface area contributed by atoms with Crippen LogP contribution in [0.15, 0.2) is 22.7 Å². The molecule has 0 amide bonds. The largest absolute Gasteiger partial charge is 0.478 e. The average molecular weight is 320 g/mol. The number of halogens is 1. The van der Waals surface area contributed by atoms with Gasteiger partial charge in [-0.15, -0.1) is 0 Å². The van der Waals surface area contributed by atoms with Crippen LogP contribution < -0.4 is 5.32 Å². The molecule has 0 aliphatic heterocycles. The Bertz CT molecular complexity index is 450. The second kappa shape index (κ2) is 6.16. The predicted octanol–water partition coefficient (Wildman–Crippen LogP) is 2.33. The van der Waals surface area contributed by atoms with Crippen LogP contribution in [0, 0.1) is 0 Å². The van der Waals surface area contributed by atoms with Gasteiger partial charge in [0, 0.05) is 39.0 Å². The molecule has 94 valence electrons. The maximum absolute atomic E-state index is 11.2. The highest BCUT2D eigenvalue weighted by Gasteiger charge is 2.08. The molecule has 1 aromatic carbocycles. The Hall–Kier alpha value is -0.880. The Morgan fingerprint density at radius 1 is 1.53 bits per heavy atom. The van der Waals surface area contributed by atoms with E-state index in [0.717, 1.165) is 0 Å². The summed E-state index contributed by atoms with van der Waals surface area (Å²) in [5, 5.41) is 12.0. The van der Waals surface area contributed by atoms with E-state index in [-0.39, 0.29) is 10.8 Å². The first-order valence-corrected chi connectivity index (χ1v) is 7.41. The third kappa shape index (κ3) is 4.47. The van der Waals surface area contributed by atoms with Gasteiger partial charge in [0.2, 0.25) is 0 Å². The van der Waals surface area contributed by atoms with E-state index >= 15 is 0 Å². The highest BCUT2D eigenvalue weighted by atomic mass is 79.9. The number of carboxylic acids is 1. The smallest absolute Gasteiger partial charge is 0.335 e. The van der Waals surface area contributed by atoms with Crippen LogP contribution in [0.4, 0.5) is 5.69 Å². The molecule has 2 unspecified atom stereocenters. The second-order valence-electron chi connectivity index (χ2n) is 3.72. The van der Waals surface area contributed by atoms with Crippen molar-refractivity contribution >= 4 is 38.4 Å². The van der Waals surface area contributed by atoms with Gasteiger partial charge in [0.1, 0.15) is 0 Å². The molecule has 0 aliphatic carbocycles. The minimum Gasteiger partial charge on any atom is -0.478 e. The summed E-state index contributed by atoms with van der Waals surface area (Å²) in [5.41, 5.74) is 0.918. The van der Waals surface area contributed by atoms with Crippen LogP contribution in [0.3, 0.4) is 0 Å². The molecule has 0 saturated carbocycles. The van der Waals surface area contributed by atoms with Gasteiger partial charge in [-0.3, -0.25) is 4.21 Å². The zero-order valence-corrected chi connectivity index (χ0v) is 12.0. The van der Waals surface area contributed by atoms with Crippen molar-refractivity contribution in [2.45, 2.75) is 12.2 Å². The predicted molar refractivity (Wildman–Crippen MR) is 73.1 cm³/mol. The molecule has 0 spiro atoms. The topological polar surface area (TPSA) is 66.4 Å². The Morgan fingerprint density at radius 3 is 2.71 bits per heavy atom. The van der Waals surface area contributed by atoms with Gasteiger partial charge in [-0.2, -0.15) is 0 Å². The van der Waals surface area contributed by atoms with Crippen LogP contribution >= 0.6 is 15.9 Å². The molecule has 0 heterocycles. The fourth-order valence-corrected chi connectivity index (χ4v) is 2.01. The molecule has 0 aliphatic rings. The lowest BCUT2D eigenvalue weighted by Crippen LogP contribution is -2.20. The lowest BCUT2D eigenvalue weighted by atomic mass is 10.2. The summed E-state index contributed by atoms with van der Waals surface area (Å²) < 4.78 is 11.9. The number of hydrogen-bond acceptors (Lipinski definition) is 3. The Kier molecular flexibility index (Phi) is 5.14. The van der Waals surface area contributed by atoms with Gasteiger partial charge in [-0.25, -0.2) is 4.79 Å². The Morgan fingerprint density at radius 2 is 2.18 bits per heavy atom. The van der Waals surface area contributed by atoms with Crippen molar-refractivity contribution in [3.05, 3.63) is 28.2 Å². The molecule has 1 aromatic rings.